The minimum absolute atomic E-state index is 0.0560. The van der Waals surface area contributed by atoms with Gasteiger partial charge in [-0.15, -0.1) is 0 Å². The van der Waals surface area contributed by atoms with Gasteiger partial charge in [0.25, 0.3) is 0 Å². The quantitative estimate of drug-likeness (QED) is 0.258. The van der Waals surface area contributed by atoms with Gasteiger partial charge >= 0.3 is 0 Å². The smallest absolute Gasteiger partial charge is 0.241 e. The predicted molar refractivity (Wildman–Crippen MR) is 150 cm³/mol. The molecule has 0 heterocycles. The van der Waals surface area contributed by atoms with Crippen molar-refractivity contribution < 1.29 is 17.9 Å². The molecule has 0 aliphatic carbocycles. The van der Waals surface area contributed by atoms with Gasteiger partial charge in [-0.2, -0.15) is 4.72 Å². The largest absolute Gasteiger partial charge is 0.492 e. The summed E-state index contributed by atoms with van der Waals surface area (Å²) in [5.74, 6) is -0.0626. The van der Waals surface area contributed by atoms with Crippen molar-refractivity contribution in [1.82, 2.24) is 10.0 Å². The number of carbonyl (C=O) groups excluding carboxylic acids is 1. The molecule has 0 radical (unpaired) electrons. The van der Waals surface area contributed by atoms with Crippen LogP contribution in [-0.2, 0) is 21.2 Å². The minimum Gasteiger partial charge on any atom is -0.492 e. The van der Waals surface area contributed by atoms with E-state index in [4.69, 9.17) is 16.3 Å². The maximum atomic E-state index is 13.7. The Morgan fingerprint density at radius 2 is 1.39 bits per heavy atom. The van der Waals surface area contributed by atoms with Crippen molar-refractivity contribution in [1.29, 1.82) is 0 Å². The lowest BCUT2D eigenvalue weighted by atomic mass is 9.97. The Morgan fingerprint density at radius 3 is 1.92 bits per heavy atom. The number of ether oxygens (including phenoxy) is 1. The zero-order valence-electron chi connectivity index (χ0n) is 20.9. The second kappa shape index (κ2) is 12.7. The van der Waals surface area contributed by atoms with E-state index < -0.39 is 28.0 Å². The van der Waals surface area contributed by atoms with Crippen LogP contribution in [0.25, 0.3) is 0 Å². The summed E-state index contributed by atoms with van der Waals surface area (Å²) in [6.45, 7) is 2.21. The van der Waals surface area contributed by atoms with Gasteiger partial charge in [0.1, 0.15) is 11.8 Å². The summed E-state index contributed by atoms with van der Waals surface area (Å²) in [6.07, 6.45) is 0.160. The molecule has 0 fully saturated rings. The molecule has 1 unspecified atom stereocenters. The van der Waals surface area contributed by atoms with Crippen molar-refractivity contribution in [3.8, 4) is 5.75 Å². The van der Waals surface area contributed by atoms with Crippen LogP contribution in [0, 0.1) is 0 Å². The molecule has 0 aromatic heterocycles. The van der Waals surface area contributed by atoms with Crippen LogP contribution >= 0.6 is 11.6 Å². The molecule has 0 bridgehead atoms. The summed E-state index contributed by atoms with van der Waals surface area (Å²) < 4.78 is 34.8. The Balaban J connectivity index is 1.65. The van der Waals surface area contributed by atoms with Gasteiger partial charge in [-0.25, -0.2) is 8.42 Å². The molecule has 4 aromatic carbocycles. The van der Waals surface area contributed by atoms with E-state index >= 15 is 0 Å². The second-order valence-corrected chi connectivity index (χ2v) is 10.8. The standard InChI is InChI=1S/C30H29ClN2O4S/c1-2-37-28-19-18-25(21-26(28)31)38(35,36)33-27(20-22-12-6-3-7-13-22)30(34)32-29(23-14-8-4-9-15-23)24-16-10-5-11-17-24/h3-19,21,27,29,33H,2,20H2,1H3,(H,32,34). The molecular formula is C30H29ClN2O4S. The van der Waals surface area contributed by atoms with Crippen LogP contribution in [-0.4, -0.2) is 27.0 Å². The van der Waals surface area contributed by atoms with Crippen molar-refractivity contribution >= 4 is 27.5 Å². The molecule has 2 N–H and O–H groups in total. The van der Waals surface area contributed by atoms with E-state index in [0.717, 1.165) is 16.7 Å². The van der Waals surface area contributed by atoms with Gasteiger partial charge in [0, 0.05) is 0 Å². The lowest BCUT2D eigenvalue weighted by Crippen LogP contribution is -2.49. The number of hydrogen-bond acceptors (Lipinski definition) is 4. The third-order valence-corrected chi connectivity index (χ3v) is 7.73. The van der Waals surface area contributed by atoms with Gasteiger partial charge in [0.2, 0.25) is 15.9 Å². The Kier molecular flexibility index (Phi) is 9.18. The maximum Gasteiger partial charge on any atom is 0.241 e. The number of benzene rings is 4. The number of rotatable bonds is 11. The first-order valence-electron chi connectivity index (χ1n) is 12.3. The predicted octanol–water partition coefficient (Wildman–Crippen LogP) is 5.53. The molecule has 0 spiro atoms. The normalized spacial score (nSPS) is 12.2. The highest BCUT2D eigenvalue weighted by Crippen LogP contribution is 2.28. The van der Waals surface area contributed by atoms with Gasteiger partial charge in [-0.3, -0.25) is 4.79 Å². The van der Waals surface area contributed by atoms with E-state index in [9.17, 15) is 13.2 Å². The molecule has 0 aliphatic rings. The lowest BCUT2D eigenvalue weighted by Gasteiger charge is -2.24. The van der Waals surface area contributed by atoms with Crippen molar-refractivity contribution in [3.63, 3.8) is 0 Å². The first-order chi connectivity index (χ1) is 18.4. The Hall–Kier alpha value is -3.65. The summed E-state index contributed by atoms with van der Waals surface area (Å²) in [7, 11) is -4.09. The van der Waals surface area contributed by atoms with Gasteiger partial charge < -0.3 is 10.1 Å². The van der Waals surface area contributed by atoms with Crippen molar-refractivity contribution in [2.24, 2.45) is 0 Å². The fraction of sp³-hybridized carbons (Fsp3) is 0.167. The number of carbonyl (C=O) groups is 1. The lowest BCUT2D eigenvalue weighted by molar-refractivity contribution is -0.123. The molecule has 0 saturated heterocycles. The first kappa shape index (κ1) is 27.4. The molecule has 38 heavy (non-hydrogen) atoms. The summed E-state index contributed by atoms with van der Waals surface area (Å²) in [6, 6.07) is 31.1. The SMILES string of the molecule is CCOc1ccc(S(=O)(=O)NC(Cc2ccccc2)C(=O)NC(c2ccccc2)c2ccccc2)cc1Cl. The van der Waals surface area contributed by atoms with E-state index in [1.807, 2.05) is 97.9 Å². The van der Waals surface area contributed by atoms with Gasteiger partial charge in [-0.05, 0) is 48.2 Å². The van der Waals surface area contributed by atoms with Crippen LogP contribution < -0.4 is 14.8 Å². The van der Waals surface area contributed by atoms with Gasteiger partial charge in [-0.1, -0.05) is 103 Å². The third-order valence-electron chi connectivity index (χ3n) is 5.96. The molecule has 6 nitrogen and oxygen atoms in total. The topological polar surface area (TPSA) is 84.5 Å². The fourth-order valence-electron chi connectivity index (χ4n) is 4.11. The fourth-order valence-corrected chi connectivity index (χ4v) is 5.63. The minimum atomic E-state index is -4.09. The third kappa shape index (κ3) is 7.01. The van der Waals surface area contributed by atoms with E-state index in [0.29, 0.717) is 12.4 Å². The summed E-state index contributed by atoms with van der Waals surface area (Å²) >= 11 is 6.25. The second-order valence-electron chi connectivity index (χ2n) is 8.65. The number of amides is 1. The highest BCUT2D eigenvalue weighted by atomic mass is 35.5. The van der Waals surface area contributed by atoms with Crippen LogP contribution in [0.1, 0.15) is 29.7 Å². The van der Waals surface area contributed by atoms with Crippen molar-refractivity contribution in [2.75, 3.05) is 6.61 Å². The van der Waals surface area contributed by atoms with Crippen LogP contribution in [0.15, 0.2) is 114 Å². The van der Waals surface area contributed by atoms with E-state index in [1.165, 1.54) is 18.2 Å². The summed E-state index contributed by atoms with van der Waals surface area (Å²) in [5, 5.41) is 3.24. The Morgan fingerprint density at radius 1 is 0.842 bits per heavy atom. The molecule has 4 aromatic rings. The number of halogens is 1. The molecular weight excluding hydrogens is 520 g/mol. The van der Waals surface area contributed by atoms with E-state index in [1.54, 1.807) is 0 Å². The van der Waals surface area contributed by atoms with E-state index in [-0.39, 0.29) is 16.3 Å². The average molecular weight is 549 g/mol. The molecule has 8 heteroatoms. The molecule has 196 valence electrons. The van der Waals surface area contributed by atoms with Crippen LogP contribution in [0.3, 0.4) is 0 Å². The van der Waals surface area contributed by atoms with Crippen molar-refractivity contribution in [2.45, 2.75) is 30.3 Å². The molecule has 1 amide bonds. The van der Waals surface area contributed by atoms with E-state index in [2.05, 4.69) is 10.0 Å². The molecule has 0 aliphatic heterocycles. The first-order valence-corrected chi connectivity index (χ1v) is 14.1. The zero-order chi connectivity index (χ0) is 27.0. The summed E-state index contributed by atoms with van der Waals surface area (Å²) in [4.78, 5) is 13.7. The van der Waals surface area contributed by atoms with Gasteiger partial charge in [0.05, 0.1) is 22.6 Å². The van der Waals surface area contributed by atoms with Crippen molar-refractivity contribution in [3.05, 3.63) is 131 Å². The summed E-state index contributed by atoms with van der Waals surface area (Å²) in [5.41, 5.74) is 2.58. The Bertz CT molecular complexity index is 1410. The van der Waals surface area contributed by atoms with Gasteiger partial charge in [0.15, 0.2) is 0 Å². The van der Waals surface area contributed by atoms with Crippen LogP contribution in [0.2, 0.25) is 5.02 Å². The highest BCUT2D eigenvalue weighted by Gasteiger charge is 2.29. The zero-order valence-corrected chi connectivity index (χ0v) is 22.5. The maximum absolute atomic E-state index is 13.7. The molecule has 0 saturated carbocycles. The van der Waals surface area contributed by atoms with Crippen LogP contribution in [0.5, 0.6) is 5.75 Å². The molecule has 4 rings (SSSR count). The van der Waals surface area contributed by atoms with Crippen LogP contribution in [0.4, 0.5) is 0 Å². The highest BCUT2D eigenvalue weighted by molar-refractivity contribution is 7.89. The molecule has 1 atom stereocenters. The number of sulfonamides is 1. The monoisotopic (exact) mass is 548 g/mol. The Labute approximate surface area is 228 Å². The number of hydrogen-bond donors (Lipinski definition) is 2. The number of nitrogens with one attached hydrogen (secondary N) is 2. The average Bonchev–Trinajstić information content (AvgIpc) is 2.94.